The first-order valence-electron chi connectivity index (χ1n) is 16.3. The molecular formula is C38H53Cl3FeN3. The smallest absolute Gasteiger partial charge is 1.00 e. The Morgan fingerprint density at radius 3 is 1.04 bits per heavy atom. The second-order valence-corrected chi connectivity index (χ2v) is 11.5. The molecule has 2 aromatic carbocycles. The van der Waals surface area contributed by atoms with Crippen LogP contribution in [0.4, 0.5) is 11.4 Å². The van der Waals surface area contributed by atoms with E-state index in [9.17, 15) is 0 Å². The summed E-state index contributed by atoms with van der Waals surface area (Å²) in [5, 5.41) is 0. The fraction of sp³-hybridized carbons (Fsp3) is 0.500. The minimum Gasteiger partial charge on any atom is -1.00 e. The summed E-state index contributed by atoms with van der Waals surface area (Å²) in [7, 11) is 0. The summed E-state index contributed by atoms with van der Waals surface area (Å²) in [5.41, 5.74) is 13.6. The third kappa shape index (κ3) is 13.9. The molecule has 3 rings (SSSR count). The number of nitrogens with zero attached hydrogens (tertiary/aromatic N) is 3. The predicted molar refractivity (Wildman–Crippen MR) is 180 cm³/mol. The summed E-state index contributed by atoms with van der Waals surface area (Å²) in [4.78, 5) is 15.1. The van der Waals surface area contributed by atoms with Gasteiger partial charge >= 0.3 is 17.1 Å². The summed E-state index contributed by atoms with van der Waals surface area (Å²) < 4.78 is 0. The van der Waals surface area contributed by atoms with E-state index in [0.717, 1.165) is 87.0 Å². The van der Waals surface area contributed by atoms with Gasteiger partial charge in [0.05, 0.1) is 35.2 Å². The van der Waals surface area contributed by atoms with Crippen LogP contribution in [0.2, 0.25) is 0 Å². The van der Waals surface area contributed by atoms with Gasteiger partial charge in [0.1, 0.15) is 0 Å². The molecule has 45 heavy (non-hydrogen) atoms. The van der Waals surface area contributed by atoms with Crippen molar-refractivity contribution < 1.29 is 54.3 Å². The minimum atomic E-state index is 0. The zero-order valence-electron chi connectivity index (χ0n) is 28.4. The number of pyridine rings is 1. The van der Waals surface area contributed by atoms with Crippen molar-refractivity contribution in [3.63, 3.8) is 0 Å². The Balaban J connectivity index is 0. The number of aryl methyl sites for hydroxylation is 7. The molecule has 0 aliphatic heterocycles. The van der Waals surface area contributed by atoms with Crippen molar-refractivity contribution in [1.82, 2.24) is 4.98 Å². The van der Waals surface area contributed by atoms with Crippen LogP contribution in [0.15, 0.2) is 46.4 Å². The number of rotatable bonds is 16. The molecule has 0 saturated heterocycles. The number of benzene rings is 2. The van der Waals surface area contributed by atoms with Crippen LogP contribution in [-0.2, 0) is 55.6 Å². The summed E-state index contributed by atoms with van der Waals surface area (Å²) in [6.45, 7) is 15.7. The van der Waals surface area contributed by atoms with E-state index in [1.165, 1.54) is 51.8 Å². The molecule has 7 heteroatoms. The molecule has 1 radical (unpaired) electrons. The average molecular weight is 714 g/mol. The maximum absolute atomic E-state index is 5.09. The molecule has 0 atom stereocenters. The molecule has 1 aromatic heterocycles. The Hall–Kier alpha value is -1.68. The van der Waals surface area contributed by atoms with E-state index in [1.54, 1.807) is 0 Å². The summed E-state index contributed by atoms with van der Waals surface area (Å²) in [6.07, 6.45) is 17.2. The largest absolute Gasteiger partial charge is 3.00 e. The fourth-order valence-electron chi connectivity index (χ4n) is 5.82. The summed E-state index contributed by atoms with van der Waals surface area (Å²) in [5.74, 6) is 0. The molecule has 0 spiro atoms. The van der Waals surface area contributed by atoms with E-state index < -0.39 is 0 Å². The summed E-state index contributed by atoms with van der Waals surface area (Å²) in [6, 6.07) is 13.8. The molecule has 0 unspecified atom stereocenters. The van der Waals surface area contributed by atoms with Gasteiger partial charge < -0.3 is 37.2 Å². The van der Waals surface area contributed by atoms with Crippen LogP contribution >= 0.6 is 0 Å². The van der Waals surface area contributed by atoms with Crippen LogP contribution in [0, 0.1) is 6.92 Å². The second kappa shape index (κ2) is 24.5. The van der Waals surface area contributed by atoms with Crippen molar-refractivity contribution in [2.24, 2.45) is 9.98 Å². The molecule has 0 aliphatic carbocycles. The maximum atomic E-state index is 5.09. The van der Waals surface area contributed by atoms with Gasteiger partial charge in [0, 0.05) is 0 Å². The van der Waals surface area contributed by atoms with Crippen LogP contribution in [0.25, 0.3) is 0 Å². The Bertz CT molecular complexity index is 1190. The van der Waals surface area contributed by atoms with Crippen molar-refractivity contribution in [1.29, 1.82) is 0 Å². The number of halogens is 3. The average Bonchev–Trinajstić information content (AvgIpc) is 2.93. The molecule has 0 bridgehead atoms. The first-order valence-corrected chi connectivity index (χ1v) is 16.3. The van der Waals surface area contributed by atoms with Crippen LogP contribution in [0.5, 0.6) is 0 Å². The normalized spacial score (nSPS) is 10.7. The van der Waals surface area contributed by atoms with Gasteiger partial charge in [-0.25, -0.2) is 4.98 Å². The Morgan fingerprint density at radius 1 is 0.489 bits per heavy atom. The van der Waals surface area contributed by atoms with Gasteiger partial charge in [-0.2, -0.15) is 0 Å². The van der Waals surface area contributed by atoms with Gasteiger partial charge in [-0.15, -0.1) is 0 Å². The molecule has 0 fully saturated rings. The van der Waals surface area contributed by atoms with Gasteiger partial charge in [0.25, 0.3) is 0 Å². The van der Waals surface area contributed by atoms with Gasteiger partial charge in [0.15, 0.2) is 0 Å². The van der Waals surface area contributed by atoms with E-state index >= 15 is 0 Å². The van der Waals surface area contributed by atoms with Crippen LogP contribution in [0.1, 0.15) is 130 Å². The number of aliphatic imine (C=N–C) groups is 2. The molecule has 249 valence electrons. The Kier molecular flexibility index (Phi) is 24.7. The fourth-order valence-corrected chi connectivity index (χ4v) is 5.82. The molecule has 0 aliphatic rings. The third-order valence-corrected chi connectivity index (χ3v) is 7.47. The van der Waals surface area contributed by atoms with Gasteiger partial charge in [-0.1, -0.05) is 104 Å². The quantitative estimate of drug-likeness (QED) is 0.164. The number of aromatic nitrogens is 1. The van der Waals surface area contributed by atoms with Gasteiger partial charge in [-0.3, -0.25) is 9.98 Å². The molecule has 3 aromatic rings. The van der Waals surface area contributed by atoms with Gasteiger partial charge in [-0.05, 0) is 96.5 Å². The molecule has 0 saturated carbocycles. The first kappa shape index (κ1) is 45.4. The standard InChI is InChI=1S/C38H53N3.3ClH.Fe/c1-8-14-29-22-31(16-10-3)37(32(23-29)17-11-4)39-26-35-20-28(7)21-36(41-35)27-40-38-33(18-12-5)24-30(15-9-2)25-34(38)19-13-6;;;;/h20-27H,8-19H2,1-7H3;3*1H;/q;;;;+3/p-3. The Morgan fingerprint density at radius 2 is 0.778 bits per heavy atom. The van der Waals surface area contributed by atoms with E-state index in [2.05, 4.69) is 84.9 Å². The van der Waals surface area contributed by atoms with Crippen LogP contribution in [0.3, 0.4) is 0 Å². The maximum Gasteiger partial charge on any atom is 3.00 e. The molecule has 0 amide bonds. The van der Waals surface area contributed by atoms with Crippen molar-refractivity contribution >= 4 is 23.8 Å². The van der Waals surface area contributed by atoms with E-state index in [0.29, 0.717) is 0 Å². The molecule has 3 nitrogen and oxygen atoms in total. The zero-order valence-corrected chi connectivity index (χ0v) is 31.8. The molecular weight excluding hydrogens is 661 g/mol. The van der Waals surface area contributed by atoms with Gasteiger partial charge in [0.2, 0.25) is 0 Å². The molecule has 0 N–H and O–H groups in total. The van der Waals surface area contributed by atoms with Crippen molar-refractivity contribution in [2.45, 2.75) is 126 Å². The van der Waals surface area contributed by atoms with Crippen molar-refractivity contribution in [2.75, 3.05) is 0 Å². The third-order valence-electron chi connectivity index (χ3n) is 7.47. The van der Waals surface area contributed by atoms with Crippen LogP contribution in [-0.4, -0.2) is 17.4 Å². The van der Waals surface area contributed by atoms with Crippen molar-refractivity contribution in [3.8, 4) is 0 Å². The molecule has 1 heterocycles. The van der Waals surface area contributed by atoms with E-state index in [1.807, 2.05) is 12.4 Å². The first-order chi connectivity index (χ1) is 20.0. The number of hydrogen-bond acceptors (Lipinski definition) is 3. The van der Waals surface area contributed by atoms with E-state index in [-0.39, 0.29) is 54.3 Å². The number of hydrogen-bond donors (Lipinski definition) is 0. The topological polar surface area (TPSA) is 37.6 Å². The predicted octanol–water partition coefficient (Wildman–Crippen LogP) is 1.62. The Labute approximate surface area is 303 Å². The SMILES string of the molecule is CCCc1cc(CCC)c(N=Cc2cc(C)cc(C=Nc3c(CCC)cc(CCC)cc3CCC)n2)c(CCC)c1.[Cl-].[Cl-].[Cl-].[Fe+3]. The van der Waals surface area contributed by atoms with Crippen LogP contribution < -0.4 is 37.2 Å². The minimum absolute atomic E-state index is 0. The van der Waals surface area contributed by atoms with Crippen molar-refractivity contribution in [3.05, 3.63) is 86.7 Å². The summed E-state index contributed by atoms with van der Waals surface area (Å²) >= 11 is 0. The second-order valence-electron chi connectivity index (χ2n) is 11.5. The monoisotopic (exact) mass is 712 g/mol. The van der Waals surface area contributed by atoms with E-state index in [4.69, 9.17) is 15.0 Å². The zero-order chi connectivity index (χ0) is 29.6.